The number of azide groups is 1. The minimum atomic E-state index is -0.587. The molecule has 0 atom stereocenters. The SMILES string of the molecule is COC(=O)C1(NCCCN=[N+]=[N-])CCN(C(C)C)CC1. The zero-order valence-corrected chi connectivity index (χ0v) is 12.6. The first-order valence-corrected chi connectivity index (χ1v) is 7.14. The highest BCUT2D eigenvalue weighted by Crippen LogP contribution is 2.25. The molecule has 0 unspecified atom stereocenters. The fourth-order valence-corrected chi connectivity index (χ4v) is 2.59. The molecule has 1 heterocycles. The molecule has 0 bridgehead atoms. The molecule has 1 aliphatic heterocycles. The van der Waals surface area contributed by atoms with Crippen LogP contribution in [0.4, 0.5) is 0 Å². The number of ether oxygens (including phenoxy) is 1. The van der Waals surface area contributed by atoms with Crippen molar-refractivity contribution in [1.29, 1.82) is 0 Å². The number of likely N-dealkylation sites (tertiary alicyclic amines) is 1. The second-order valence-electron chi connectivity index (χ2n) is 5.44. The number of carbonyl (C=O) groups excluding carboxylic acids is 1. The maximum atomic E-state index is 12.1. The van der Waals surface area contributed by atoms with Crippen LogP contribution in [0.25, 0.3) is 10.4 Å². The highest BCUT2D eigenvalue weighted by atomic mass is 16.5. The van der Waals surface area contributed by atoms with Gasteiger partial charge in [0.2, 0.25) is 0 Å². The molecule has 1 N–H and O–H groups in total. The van der Waals surface area contributed by atoms with Crippen LogP contribution in [0.5, 0.6) is 0 Å². The Bertz CT molecular complexity index is 358. The summed E-state index contributed by atoms with van der Waals surface area (Å²) in [7, 11) is 1.43. The predicted octanol–water partition coefficient (Wildman–Crippen LogP) is 1.69. The van der Waals surface area contributed by atoms with E-state index >= 15 is 0 Å². The number of methoxy groups -OCH3 is 1. The summed E-state index contributed by atoms with van der Waals surface area (Å²) in [5.74, 6) is -0.190. The van der Waals surface area contributed by atoms with Crippen molar-refractivity contribution in [3.63, 3.8) is 0 Å². The number of hydrogen-bond acceptors (Lipinski definition) is 5. The molecular weight excluding hydrogens is 258 g/mol. The van der Waals surface area contributed by atoms with Crippen LogP contribution < -0.4 is 5.32 Å². The largest absolute Gasteiger partial charge is 0.468 e. The maximum absolute atomic E-state index is 12.1. The van der Waals surface area contributed by atoms with Crippen LogP contribution in [-0.2, 0) is 9.53 Å². The molecule has 7 nitrogen and oxygen atoms in total. The highest BCUT2D eigenvalue weighted by molar-refractivity contribution is 5.81. The number of rotatable bonds is 7. The van der Waals surface area contributed by atoms with E-state index in [1.165, 1.54) is 7.11 Å². The summed E-state index contributed by atoms with van der Waals surface area (Å²) < 4.78 is 4.97. The van der Waals surface area contributed by atoms with Gasteiger partial charge in [-0.05, 0) is 45.2 Å². The fourth-order valence-electron chi connectivity index (χ4n) is 2.59. The van der Waals surface area contributed by atoms with Crippen LogP contribution in [0.1, 0.15) is 33.1 Å². The van der Waals surface area contributed by atoms with Crippen LogP contribution in [0, 0.1) is 0 Å². The minimum Gasteiger partial charge on any atom is -0.468 e. The Hall–Kier alpha value is -1.30. The molecule has 0 spiro atoms. The van der Waals surface area contributed by atoms with Crippen molar-refractivity contribution < 1.29 is 9.53 Å². The molecule has 1 rings (SSSR count). The molecule has 0 aliphatic carbocycles. The monoisotopic (exact) mass is 283 g/mol. The molecule has 7 heteroatoms. The molecule has 0 aromatic rings. The molecule has 0 aromatic carbocycles. The number of nitrogens with one attached hydrogen (secondary N) is 1. The number of esters is 1. The molecule has 20 heavy (non-hydrogen) atoms. The lowest BCUT2D eigenvalue weighted by molar-refractivity contribution is -0.151. The standard InChI is InChI=1S/C13H25N5O2/c1-11(2)18-9-5-13(6-10-18,12(19)20-3)15-7-4-8-16-17-14/h11,15H,4-10H2,1-3H3. The molecule has 0 saturated carbocycles. The van der Waals surface area contributed by atoms with Gasteiger partial charge in [0.1, 0.15) is 5.54 Å². The zero-order valence-electron chi connectivity index (χ0n) is 12.6. The average Bonchev–Trinajstić information content (AvgIpc) is 2.46. The van der Waals surface area contributed by atoms with Crippen LogP contribution in [-0.4, -0.2) is 55.7 Å². The summed E-state index contributed by atoms with van der Waals surface area (Å²) in [6.45, 7) is 7.19. The van der Waals surface area contributed by atoms with Gasteiger partial charge in [-0.3, -0.25) is 4.79 Å². The van der Waals surface area contributed by atoms with Gasteiger partial charge in [-0.15, -0.1) is 0 Å². The van der Waals surface area contributed by atoms with E-state index in [0.29, 0.717) is 19.1 Å². The number of nitrogens with zero attached hydrogens (tertiary/aromatic N) is 4. The first-order valence-electron chi connectivity index (χ1n) is 7.14. The lowest BCUT2D eigenvalue weighted by Gasteiger charge is -2.41. The minimum absolute atomic E-state index is 0.190. The molecular formula is C13H25N5O2. The Kier molecular flexibility index (Phi) is 6.78. The van der Waals surface area contributed by atoms with Gasteiger partial charge in [0.15, 0.2) is 0 Å². The summed E-state index contributed by atoms with van der Waals surface area (Å²) in [6, 6.07) is 0.496. The third kappa shape index (κ3) is 4.37. The quantitative estimate of drug-likeness (QED) is 0.253. The third-order valence-corrected chi connectivity index (χ3v) is 3.92. The molecule has 1 aliphatic rings. The van der Waals surface area contributed by atoms with Crippen LogP contribution in [0.15, 0.2) is 5.11 Å². The Balaban J connectivity index is 2.56. The van der Waals surface area contributed by atoms with E-state index in [4.69, 9.17) is 10.3 Å². The fraction of sp³-hybridized carbons (Fsp3) is 0.923. The van der Waals surface area contributed by atoms with Crippen molar-refractivity contribution in [2.75, 3.05) is 33.3 Å². The van der Waals surface area contributed by atoms with Gasteiger partial charge in [-0.2, -0.15) is 0 Å². The van der Waals surface area contributed by atoms with Gasteiger partial charge >= 0.3 is 5.97 Å². The zero-order chi connectivity index (χ0) is 15.0. The van der Waals surface area contributed by atoms with Crippen LogP contribution in [0.2, 0.25) is 0 Å². The van der Waals surface area contributed by atoms with Gasteiger partial charge in [-0.1, -0.05) is 5.11 Å². The van der Waals surface area contributed by atoms with Crippen LogP contribution in [0.3, 0.4) is 0 Å². The number of piperidine rings is 1. The Labute approximate surface area is 120 Å². The number of carbonyl (C=O) groups is 1. The topological polar surface area (TPSA) is 90.3 Å². The van der Waals surface area contributed by atoms with E-state index in [1.807, 2.05) is 0 Å². The molecule has 0 radical (unpaired) electrons. The van der Waals surface area contributed by atoms with Crippen LogP contribution >= 0.6 is 0 Å². The summed E-state index contributed by atoms with van der Waals surface area (Å²) in [5.41, 5.74) is 7.64. The van der Waals surface area contributed by atoms with E-state index in [0.717, 1.165) is 32.4 Å². The van der Waals surface area contributed by atoms with Crippen molar-refractivity contribution in [1.82, 2.24) is 10.2 Å². The van der Waals surface area contributed by atoms with Crippen molar-refractivity contribution in [2.24, 2.45) is 5.11 Å². The van der Waals surface area contributed by atoms with Gasteiger partial charge < -0.3 is 15.0 Å². The second kappa shape index (κ2) is 8.09. The summed E-state index contributed by atoms with van der Waals surface area (Å²) in [4.78, 5) is 17.2. The van der Waals surface area contributed by atoms with Gasteiger partial charge in [0, 0.05) is 30.6 Å². The Morgan fingerprint density at radius 1 is 1.50 bits per heavy atom. The predicted molar refractivity (Wildman–Crippen MR) is 77.3 cm³/mol. The molecule has 0 amide bonds. The van der Waals surface area contributed by atoms with E-state index in [9.17, 15) is 4.79 Å². The molecule has 0 aromatic heterocycles. The van der Waals surface area contributed by atoms with Gasteiger partial charge in [0.05, 0.1) is 7.11 Å². The second-order valence-corrected chi connectivity index (χ2v) is 5.44. The van der Waals surface area contributed by atoms with E-state index in [2.05, 4.69) is 34.1 Å². The van der Waals surface area contributed by atoms with Crippen molar-refractivity contribution in [3.8, 4) is 0 Å². The molecule has 114 valence electrons. The Morgan fingerprint density at radius 3 is 2.65 bits per heavy atom. The van der Waals surface area contributed by atoms with Crippen molar-refractivity contribution >= 4 is 5.97 Å². The van der Waals surface area contributed by atoms with Crippen molar-refractivity contribution in [2.45, 2.75) is 44.7 Å². The van der Waals surface area contributed by atoms with Gasteiger partial charge in [0.25, 0.3) is 0 Å². The van der Waals surface area contributed by atoms with E-state index in [1.54, 1.807) is 0 Å². The first-order chi connectivity index (χ1) is 9.55. The molecule has 1 fully saturated rings. The summed E-state index contributed by atoms with van der Waals surface area (Å²) in [6.07, 6.45) is 2.22. The maximum Gasteiger partial charge on any atom is 0.326 e. The van der Waals surface area contributed by atoms with E-state index < -0.39 is 5.54 Å². The number of hydrogen-bond donors (Lipinski definition) is 1. The third-order valence-electron chi connectivity index (χ3n) is 3.92. The lowest BCUT2D eigenvalue weighted by Crippen LogP contribution is -2.59. The normalized spacial score (nSPS) is 18.6. The highest BCUT2D eigenvalue weighted by Gasteiger charge is 2.42. The average molecular weight is 283 g/mol. The smallest absolute Gasteiger partial charge is 0.326 e. The van der Waals surface area contributed by atoms with Crippen molar-refractivity contribution in [3.05, 3.63) is 10.4 Å². The lowest BCUT2D eigenvalue weighted by atomic mass is 9.86. The summed E-state index contributed by atoms with van der Waals surface area (Å²) in [5, 5.41) is 6.81. The molecule has 1 saturated heterocycles. The summed E-state index contributed by atoms with van der Waals surface area (Å²) >= 11 is 0. The van der Waals surface area contributed by atoms with Gasteiger partial charge in [-0.25, -0.2) is 0 Å². The first kappa shape index (κ1) is 16.8. The van der Waals surface area contributed by atoms with E-state index in [-0.39, 0.29) is 5.97 Å². The Morgan fingerprint density at radius 2 is 2.15 bits per heavy atom.